The molecule has 0 radical (unpaired) electrons. The highest BCUT2D eigenvalue weighted by Crippen LogP contribution is 2.51. The molecule has 0 aromatic heterocycles. The summed E-state index contributed by atoms with van der Waals surface area (Å²) in [5.41, 5.74) is 5.76. The Morgan fingerprint density at radius 3 is 1.97 bits per heavy atom. The van der Waals surface area contributed by atoms with Crippen molar-refractivity contribution < 1.29 is 9.59 Å². The number of allylic oxidation sites excluding steroid dienone is 4. The molecule has 0 spiro atoms. The Hall–Kier alpha value is -3.17. The summed E-state index contributed by atoms with van der Waals surface area (Å²) in [6.45, 7) is 0. The van der Waals surface area contributed by atoms with Gasteiger partial charge in [-0.05, 0) is 66.3 Å². The molecule has 33 heavy (non-hydrogen) atoms. The van der Waals surface area contributed by atoms with Crippen molar-refractivity contribution in [3.63, 3.8) is 0 Å². The molecule has 3 aromatic carbocycles. The second-order valence-electron chi connectivity index (χ2n) is 9.09. The van der Waals surface area contributed by atoms with Gasteiger partial charge >= 0.3 is 0 Å². The SMILES string of the molecule is O=C1CCCC2=C1C(c1cccc3ccccc13)C1=C(CCCC1=O)N2c1ccc(Cl)cc1. The zero-order chi connectivity index (χ0) is 22.5. The Balaban J connectivity index is 1.66. The number of rotatable bonds is 2. The number of carbonyl (C=O) groups excluding carboxylic acids is 2. The van der Waals surface area contributed by atoms with Crippen LogP contribution in [-0.4, -0.2) is 11.6 Å². The zero-order valence-electron chi connectivity index (χ0n) is 18.3. The summed E-state index contributed by atoms with van der Waals surface area (Å²) in [7, 11) is 0. The lowest BCUT2D eigenvalue weighted by molar-refractivity contribution is -0.116. The van der Waals surface area contributed by atoms with Crippen molar-refractivity contribution in [2.75, 3.05) is 4.90 Å². The van der Waals surface area contributed by atoms with Crippen LogP contribution in [-0.2, 0) is 9.59 Å². The van der Waals surface area contributed by atoms with E-state index in [-0.39, 0.29) is 17.5 Å². The van der Waals surface area contributed by atoms with E-state index in [1.165, 1.54) is 0 Å². The van der Waals surface area contributed by atoms with E-state index < -0.39 is 0 Å². The predicted molar refractivity (Wildman–Crippen MR) is 132 cm³/mol. The number of hydrogen-bond acceptors (Lipinski definition) is 3. The van der Waals surface area contributed by atoms with E-state index >= 15 is 0 Å². The van der Waals surface area contributed by atoms with Crippen LogP contribution in [0, 0.1) is 0 Å². The van der Waals surface area contributed by atoms with Crippen molar-refractivity contribution in [2.24, 2.45) is 0 Å². The monoisotopic (exact) mass is 453 g/mol. The summed E-state index contributed by atoms with van der Waals surface area (Å²) < 4.78 is 0. The maximum Gasteiger partial charge on any atom is 0.161 e. The smallest absolute Gasteiger partial charge is 0.161 e. The lowest BCUT2D eigenvalue weighted by Gasteiger charge is -2.44. The molecule has 0 fully saturated rings. The fraction of sp³-hybridized carbons (Fsp3) is 0.241. The summed E-state index contributed by atoms with van der Waals surface area (Å²) in [4.78, 5) is 29.2. The molecule has 0 saturated heterocycles. The van der Waals surface area contributed by atoms with Crippen LogP contribution in [0.1, 0.15) is 50.0 Å². The van der Waals surface area contributed by atoms with Crippen molar-refractivity contribution >= 4 is 39.6 Å². The first-order chi connectivity index (χ1) is 16.1. The Morgan fingerprint density at radius 2 is 1.30 bits per heavy atom. The minimum absolute atomic E-state index is 0.165. The second-order valence-corrected chi connectivity index (χ2v) is 9.52. The highest BCUT2D eigenvalue weighted by molar-refractivity contribution is 6.30. The van der Waals surface area contributed by atoms with Crippen molar-refractivity contribution in [3.05, 3.63) is 99.9 Å². The van der Waals surface area contributed by atoms with Crippen molar-refractivity contribution in [2.45, 2.75) is 44.4 Å². The highest BCUT2D eigenvalue weighted by atomic mass is 35.5. The molecule has 0 amide bonds. The van der Waals surface area contributed by atoms with E-state index in [0.717, 1.165) is 70.2 Å². The Bertz CT molecular complexity index is 1320. The van der Waals surface area contributed by atoms with E-state index in [2.05, 4.69) is 29.2 Å². The Kier molecular flexibility index (Phi) is 4.95. The van der Waals surface area contributed by atoms with Gasteiger partial charge in [-0.15, -0.1) is 0 Å². The fourth-order valence-corrected chi connectivity index (χ4v) is 5.96. The lowest BCUT2D eigenvalue weighted by atomic mass is 9.70. The molecule has 1 heterocycles. The number of hydrogen-bond donors (Lipinski definition) is 0. The Morgan fingerprint density at radius 1 is 0.697 bits per heavy atom. The quantitative estimate of drug-likeness (QED) is 0.414. The minimum atomic E-state index is -0.301. The van der Waals surface area contributed by atoms with E-state index in [4.69, 9.17) is 11.6 Å². The average molecular weight is 454 g/mol. The molecule has 164 valence electrons. The van der Waals surface area contributed by atoms with Crippen molar-refractivity contribution in [3.8, 4) is 0 Å². The standard InChI is InChI=1S/C29H24ClNO2/c30-19-14-16-20(17-15-19)31-23-10-4-12-25(32)28(23)27(29-24(31)11-5-13-26(29)33)22-9-3-7-18-6-1-2-8-21(18)22/h1-3,6-9,14-17,27H,4-5,10-13H2. The van der Waals surface area contributed by atoms with Crippen molar-refractivity contribution in [1.82, 2.24) is 0 Å². The number of fused-ring (bicyclic) bond motifs is 1. The molecule has 0 atom stereocenters. The van der Waals surface area contributed by atoms with Crippen molar-refractivity contribution in [1.29, 1.82) is 0 Å². The fourth-order valence-electron chi connectivity index (χ4n) is 5.84. The average Bonchev–Trinajstić information content (AvgIpc) is 2.84. The van der Waals surface area contributed by atoms with Gasteiger partial charge in [0.15, 0.2) is 11.6 Å². The summed E-state index contributed by atoms with van der Waals surface area (Å²) in [5.74, 6) is 0.0291. The molecule has 3 aliphatic rings. The third kappa shape index (κ3) is 3.26. The van der Waals surface area contributed by atoms with Crippen LogP contribution >= 0.6 is 11.6 Å². The maximum absolute atomic E-state index is 13.5. The van der Waals surface area contributed by atoms with Crippen LogP contribution < -0.4 is 4.90 Å². The molecule has 0 saturated carbocycles. The highest BCUT2D eigenvalue weighted by Gasteiger charge is 2.44. The van der Waals surface area contributed by atoms with Gasteiger partial charge in [0.05, 0.1) is 0 Å². The third-order valence-electron chi connectivity index (χ3n) is 7.19. The number of Topliss-reactive ketones (excluding diaryl/α,β-unsaturated/α-hetero) is 2. The van der Waals surface area contributed by atoms with E-state index in [1.807, 2.05) is 42.5 Å². The summed E-state index contributed by atoms with van der Waals surface area (Å²) in [5, 5.41) is 2.92. The normalized spacial score (nSPS) is 19.2. The molecule has 6 rings (SSSR count). The minimum Gasteiger partial charge on any atom is -0.317 e. The van der Waals surface area contributed by atoms with E-state index in [0.29, 0.717) is 17.9 Å². The molecular weight excluding hydrogens is 430 g/mol. The number of nitrogens with zero attached hydrogens (tertiary/aromatic N) is 1. The van der Waals surface area contributed by atoms with Gasteiger partial charge in [0.2, 0.25) is 0 Å². The molecule has 3 aromatic rings. The molecular formula is C29H24ClNO2. The number of halogens is 1. The predicted octanol–water partition coefficient (Wildman–Crippen LogP) is 7.11. The van der Waals surface area contributed by atoms with Crippen LogP contribution in [0.2, 0.25) is 5.02 Å². The van der Waals surface area contributed by atoms with Gasteiger partial charge in [-0.3, -0.25) is 9.59 Å². The van der Waals surface area contributed by atoms with Gasteiger partial charge in [-0.25, -0.2) is 0 Å². The summed E-state index contributed by atoms with van der Waals surface area (Å²) >= 11 is 6.18. The van der Waals surface area contributed by atoms with Crippen LogP contribution in [0.5, 0.6) is 0 Å². The first-order valence-corrected chi connectivity index (χ1v) is 12.1. The third-order valence-corrected chi connectivity index (χ3v) is 7.45. The topological polar surface area (TPSA) is 37.4 Å². The van der Waals surface area contributed by atoms with Crippen LogP contribution in [0.15, 0.2) is 89.3 Å². The summed E-state index contributed by atoms with van der Waals surface area (Å²) in [6.07, 6.45) is 4.39. The first-order valence-electron chi connectivity index (χ1n) is 11.7. The van der Waals surface area contributed by atoms with Crippen LogP contribution in [0.25, 0.3) is 10.8 Å². The van der Waals surface area contributed by atoms with Gasteiger partial charge in [-0.2, -0.15) is 0 Å². The van der Waals surface area contributed by atoms with Crippen LogP contribution in [0.3, 0.4) is 0 Å². The molecule has 4 heteroatoms. The van der Waals surface area contributed by atoms with Crippen LogP contribution in [0.4, 0.5) is 5.69 Å². The lowest BCUT2D eigenvalue weighted by Crippen LogP contribution is -2.39. The van der Waals surface area contributed by atoms with Gasteiger partial charge < -0.3 is 4.90 Å². The van der Waals surface area contributed by atoms with E-state index in [1.54, 1.807) is 0 Å². The maximum atomic E-state index is 13.5. The van der Waals surface area contributed by atoms with Gasteiger partial charge in [0, 0.05) is 52.0 Å². The summed E-state index contributed by atoms with van der Waals surface area (Å²) in [6, 6.07) is 22.3. The zero-order valence-corrected chi connectivity index (χ0v) is 19.1. The number of benzene rings is 3. The van der Waals surface area contributed by atoms with Gasteiger partial charge in [0.25, 0.3) is 0 Å². The molecule has 0 N–H and O–H groups in total. The number of carbonyl (C=O) groups is 2. The largest absolute Gasteiger partial charge is 0.317 e. The second kappa shape index (κ2) is 8.00. The molecule has 0 bridgehead atoms. The van der Waals surface area contributed by atoms with Gasteiger partial charge in [-0.1, -0.05) is 54.1 Å². The first kappa shape index (κ1) is 20.4. The number of anilines is 1. The molecule has 1 aliphatic heterocycles. The molecule has 3 nitrogen and oxygen atoms in total. The van der Waals surface area contributed by atoms with E-state index in [9.17, 15) is 9.59 Å². The Labute approximate surface area is 198 Å². The van der Waals surface area contributed by atoms with Gasteiger partial charge in [0.1, 0.15) is 0 Å². The molecule has 0 unspecified atom stereocenters. The molecule has 2 aliphatic carbocycles. The number of ketones is 2.